The van der Waals surface area contributed by atoms with Crippen molar-refractivity contribution in [3.8, 4) is 16.9 Å². The lowest BCUT2D eigenvalue weighted by atomic mass is 9.99. The van der Waals surface area contributed by atoms with E-state index in [9.17, 15) is 0 Å². The van der Waals surface area contributed by atoms with Gasteiger partial charge in [0.15, 0.2) is 0 Å². The van der Waals surface area contributed by atoms with Gasteiger partial charge in [0, 0.05) is 37.9 Å². The minimum atomic E-state index is 0.880. The second-order valence-corrected chi connectivity index (χ2v) is 7.16. The van der Waals surface area contributed by atoms with Crippen molar-refractivity contribution in [2.75, 3.05) is 26.7 Å². The molecule has 28 heavy (non-hydrogen) atoms. The predicted molar refractivity (Wildman–Crippen MR) is 115 cm³/mol. The van der Waals surface area contributed by atoms with Crippen LogP contribution in [0.15, 0.2) is 79.0 Å². The molecule has 0 saturated carbocycles. The summed E-state index contributed by atoms with van der Waals surface area (Å²) >= 11 is 0. The zero-order valence-electron chi connectivity index (χ0n) is 16.3. The zero-order chi connectivity index (χ0) is 19.2. The molecular formula is C25H26N2O. The van der Waals surface area contributed by atoms with E-state index in [-0.39, 0.29) is 0 Å². The minimum Gasteiger partial charge on any atom is -0.497 e. The second kappa shape index (κ2) is 8.85. The van der Waals surface area contributed by atoms with Crippen molar-refractivity contribution in [1.29, 1.82) is 0 Å². The van der Waals surface area contributed by atoms with E-state index >= 15 is 0 Å². The van der Waals surface area contributed by atoms with E-state index in [4.69, 9.17) is 4.74 Å². The molecule has 0 saturated heterocycles. The maximum absolute atomic E-state index is 5.35. The molecule has 0 fully saturated rings. The molecule has 4 rings (SSSR count). The van der Waals surface area contributed by atoms with Crippen molar-refractivity contribution >= 4 is 5.57 Å². The molecule has 0 N–H and O–H groups in total. The molecule has 3 aromatic rings. The summed E-state index contributed by atoms with van der Waals surface area (Å²) < 4.78 is 5.35. The first-order valence-corrected chi connectivity index (χ1v) is 9.88. The number of hydrogen-bond acceptors (Lipinski definition) is 3. The number of methoxy groups -OCH3 is 1. The Kier molecular flexibility index (Phi) is 5.83. The number of benzene rings is 2. The summed E-state index contributed by atoms with van der Waals surface area (Å²) in [5.41, 5.74) is 6.31. The normalized spacial score (nSPS) is 14.5. The Morgan fingerprint density at radius 1 is 0.929 bits per heavy atom. The van der Waals surface area contributed by atoms with E-state index in [0.29, 0.717) is 0 Å². The maximum atomic E-state index is 5.35. The van der Waals surface area contributed by atoms with Crippen LogP contribution in [0, 0.1) is 0 Å². The quantitative estimate of drug-likeness (QED) is 0.604. The predicted octanol–water partition coefficient (Wildman–Crippen LogP) is 5.09. The molecule has 0 atom stereocenters. The SMILES string of the molecule is COc1cccc(-c2ccnc(CCN3CC=C(c4ccccc4)CC3)c2)c1. The number of ether oxygens (including phenoxy) is 1. The molecule has 142 valence electrons. The van der Waals surface area contributed by atoms with Crippen LogP contribution >= 0.6 is 0 Å². The fraction of sp³-hybridized carbons (Fsp3) is 0.240. The van der Waals surface area contributed by atoms with Gasteiger partial charge in [-0.2, -0.15) is 0 Å². The summed E-state index contributed by atoms with van der Waals surface area (Å²) in [5, 5.41) is 0. The Morgan fingerprint density at radius 2 is 1.75 bits per heavy atom. The van der Waals surface area contributed by atoms with E-state index in [2.05, 4.69) is 70.6 Å². The van der Waals surface area contributed by atoms with Crippen LogP contribution in [0.2, 0.25) is 0 Å². The van der Waals surface area contributed by atoms with E-state index in [1.165, 1.54) is 16.7 Å². The largest absolute Gasteiger partial charge is 0.497 e. The van der Waals surface area contributed by atoms with Crippen LogP contribution < -0.4 is 4.74 Å². The third kappa shape index (κ3) is 4.49. The van der Waals surface area contributed by atoms with Crippen molar-refractivity contribution in [3.63, 3.8) is 0 Å². The Hall–Kier alpha value is -2.91. The highest BCUT2D eigenvalue weighted by molar-refractivity contribution is 5.66. The summed E-state index contributed by atoms with van der Waals surface area (Å²) in [6.45, 7) is 3.16. The van der Waals surface area contributed by atoms with Gasteiger partial charge < -0.3 is 4.74 Å². The van der Waals surface area contributed by atoms with Crippen LogP contribution in [0.1, 0.15) is 17.7 Å². The number of hydrogen-bond donors (Lipinski definition) is 0. The molecule has 0 aliphatic carbocycles. The average molecular weight is 370 g/mol. The van der Waals surface area contributed by atoms with E-state index in [1.807, 2.05) is 18.3 Å². The Bertz CT molecular complexity index is 950. The van der Waals surface area contributed by atoms with Gasteiger partial charge in [0.1, 0.15) is 5.75 Å². The molecule has 0 radical (unpaired) electrons. The topological polar surface area (TPSA) is 25.4 Å². The molecule has 0 bridgehead atoms. The highest BCUT2D eigenvalue weighted by Crippen LogP contribution is 2.25. The molecule has 3 heteroatoms. The van der Waals surface area contributed by atoms with Crippen LogP contribution in [0.3, 0.4) is 0 Å². The molecule has 1 aromatic heterocycles. The summed E-state index contributed by atoms with van der Waals surface area (Å²) in [5.74, 6) is 0.880. The van der Waals surface area contributed by atoms with Crippen LogP contribution in [0.5, 0.6) is 5.75 Å². The van der Waals surface area contributed by atoms with Crippen molar-refractivity contribution in [2.24, 2.45) is 0 Å². The smallest absolute Gasteiger partial charge is 0.119 e. The Balaban J connectivity index is 1.37. The van der Waals surface area contributed by atoms with Crippen LogP contribution in [0.4, 0.5) is 0 Å². The maximum Gasteiger partial charge on any atom is 0.119 e. The van der Waals surface area contributed by atoms with Gasteiger partial charge >= 0.3 is 0 Å². The van der Waals surface area contributed by atoms with Crippen LogP contribution in [-0.2, 0) is 6.42 Å². The monoisotopic (exact) mass is 370 g/mol. The number of pyridine rings is 1. The fourth-order valence-corrected chi connectivity index (χ4v) is 3.70. The molecule has 1 aliphatic heterocycles. The first-order chi connectivity index (χ1) is 13.8. The van der Waals surface area contributed by atoms with Gasteiger partial charge in [0.05, 0.1) is 7.11 Å². The van der Waals surface area contributed by atoms with Gasteiger partial charge in [0.25, 0.3) is 0 Å². The molecule has 0 amide bonds. The summed E-state index contributed by atoms with van der Waals surface area (Å²) in [4.78, 5) is 7.09. The van der Waals surface area contributed by atoms with Gasteiger partial charge in [-0.1, -0.05) is 48.5 Å². The van der Waals surface area contributed by atoms with E-state index in [1.54, 1.807) is 7.11 Å². The van der Waals surface area contributed by atoms with Crippen LogP contribution in [-0.4, -0.2) is 36.6 Å². The van der Waals surface area contributed by atoms with E-state index < -0.39 is 0 Å². The fourth-order valence-electron chi connectivity index (χ4n) is 3.70. The third-order valence-electron chi connectivity index (χ3n) is 5.34. The Morgan fingerprint density at radius 3 is 2.54 bits per heavy atom. The summed E-state index contributed by atoms with van der Waals surface area (Å²) in [7, 11) is 1.70. The zero-order valence-corrected chi connectivity index (χ0v) is 16.3. The van der Waals surface area contributed by atoms with Gasteiger partial charge in [-0.15, -0.1) is 0 Å². The third-order valence-corrected chi connectivity index (χ3v) is 5.34. The van der Waals surface area contributed by atoms with Crippen molar-refractivity contribution in [1.82, 2.24) is 9.88 Å². The lowest BCUT2D eigenvalue weighted by molar-refractivity contribution is 0.305. The molecule has 3 nitrogen and oxygen atoms in total. The van der Waals surface area contributed by atoms with Crippen molar-refractivity contribution in [2.45, 2.75) is 12.8 Å². The molecule has 2 heterocycles. The summed E-state index contributed by atoms with van der Waals surface area (Å²) in [6.07, 6.45) is 6.36. The first-order valence-electron chi connectivity index (χ1n) is 9.88. The lowest BCUT2D eigenvalue weighted by Crippen LogP contribution is -2.30. The average Bonchev–Trinajstić information content (AvgIpc) is 2.79. The summed E-state index contributed by atoms with van der Waals surface area (Å²) in [6, 6.07) is 23.2. The van der Waals surface area contributed by atoms with E-state index in [0.717, 1.165) is 49.5 Å². The van der Waals surface area contributed by atoms with Gasteiger partial charge in [-0.25, -0.2) is 0 Å². The minimum absolute atomic E-state index is 0.880. The number of nitrogens with zero attached hydrogens (tertiary/aromatic N) is 2. The van der Waals surface area contributed by atoms with Crippen molar-refractivity contribution < 1.29 is 4.74 Å². The highest BCUT2D eigenvalue weighted by atomic mass is 16.5. The molecular weight excluding hydrogens is 344 g/mol. The lowest BCUT2D eigenvalue weighted by Gasteiger charge is -2.26. The number of rotatable bonds is 6. The van der Waals surface area contributed by atoms with Crippen LogP contribution in [0.25, 0.3) is 16.7 Å². The van der Waals surface area contributed by atoms with Gasteiger partial charge in [-0.3, -0.25) is 9.88 Å². The molecule has 2 aromatic carbocycles. The standard InChI is InChI=1S/C25H26N2O/c1-28-25-9-5-8-22(19-25)23-10-14-26-24(18-23)13-17-27-15-11-21(12-16-27)20-6-3-2-4-7-20/h2-11,14,18-19H,12-13,15-17H2,1H3. The van der Waals surface area contributed by atoms with Gasteiger partial charge in [-0.05, 0) is 52.9 Å². The highest BCUT2D eigenvalue weighted by Gasteiger charge is 2.13. The number of aromatic nitrogens is 1. The molecule has 0 spiro atoms. The molecule has 0 unspecified atom stereocenters. The van der Waals surface area contributed by atoms with Crippen molar-refractivity contribution in [3.05, 3.63) is 90.3 Å². The molecule has 1 aliphatic rings. The Labute approximate surface area is 167 Å². The first kappa shape index (κ1) is 18.5. The van der Waals surface area contributed by atoms with Gasteiger partial charge in [0.2, 0.25) is 0 Å². The second-order valence-electron chi connectivity index (χ2n) is 7.16.